The molecule has 0 unspecified atom stereocenters. The molecule has 1 aromatic rings. The van der Waals surface area contributed by atoms with Crippen molar-refractivity contribution in [1.82, 2.24) is 0 Å². The molecular weight excluding hydrogens is 300 g/mol. The van der Waals surface area contributed by atoms with Crippen LogP contribution in [0.25, 0.3) is 0 Å². The minimum absolute atomic E-state index is 0. The van der Waals surface area contributed by atoms with Crippen molar-refractivity contribution in [2.45, 2.75) is 58.6 Å². The van der Waals surface area contributed by atoms with Gasteiger partial charge in [-0.25, -0.2) is 0 Å². The number of carbonyl (C=O) groups excluding carboxylic acids is 1. The summed E-state index contributed by atoms with van der Waals surface area (Å²) in [5.74, 6) is 0.701. The molecule has 4 nitrogen and oxygen atoms in total. The lowest BCUT2D eigenvalue weighted by Crippen LogP contribution is -2.45. The molecule has 5 heteroatoms. The molecule has 1 aromatic carbocycles. The average molecular weight is 327 g/mol. The highest BCUT2D eigenvalue weighted by Crippen LogP contribution is 2.25. The number of carbonyl (C=O) groups is 1. The normalized spacial score (nSPS) is 16.7. The van der Waals surface area contributed by atoms with Crippen molar-refractivity contribution in [2.75, 3.05) is 5.32 Å². The van der Waals surface area contributed by atoms with Crippen LogP contribution in [0.15, 0.2) is 24.3 Å². The molecule has 0 aliphatic heterocycles. The summed E-state index contributed by atoms with van der Waals surface area (Å²) in [6, 6.07) is 6.98. The quantitative estimate of drug-likeness (QED) is 0.885. The largest absolute Gasteiger partial charge is 0.490 e. The summed E-state index contributed by atoms with van der Waals surface area (Å²) in [5.41, 5.74) is 6.44. The van der Waals surface area contributed by atoms with Gasteiger partial charge in [-0.3, -0.25) is 4.79 Å². The molecule has 0 radical (unpaired) electrons. The molecule has 1 aliphatic rings. The lowest BCUT2D eigenvalue weighted by Gasteiger charge is -2.25. The summed E-state index contributed by atoms with van der Waals surface area (Å²) < 4.78 is 5.90. The van der Waals surface area contributed by atoms with Gasteiger partial charge in [-0.05, 0) is 55.4 Å². The Bertz CT molecular complexity index is 476. The van der Waals surface area contributed by atoms with E-state index in [9.17, 15) is 4.79 Å². The summed E-state index contributed by atoms with van der Waals surface area (Å²) in [7, 11) is 0. The van der Waals surface area contributed by atoms with Crippen LogP contribution in [0.5, 0.6) is 5.75 Å². The van der Waals surface area contributed by atoms with Gasteiger partial charge in [-0.15, -0.1) is 12.4 Å². The molecule has 1 amide bonds. The standard InChI is InChI=1S/C17H26N2O2.ClH/c1-17(2,3)15(18)16(20)19-12-8-10-14(11-9-12)21-13-6-4-5-7-13;/h8-11,13,15H,4-7,18H2,1-3H3,(H,19,20);1H/t15-;/m1./s1. The maximum Gasteiger partial charge on any atom is 0.241 e. The van der Waals surface area contributed by atoms with Crippen molar-refractivity contribution < 1.29 is 9.53 Å². The van der Waals surface area contributed by atoms with Crippen LogP contribution < -0.4 is 15.8 Å². The van der Waals surface area contributed by atoms with Gasteiger partial charge in [0, 0.05) is 5.69 Å². The number of hydrogen-bond acceptors (Lipinski definition) is 3. The first-order valence-corrected chi connectivity index (χ1v) is 7.69. The molecule has 1 atom stereocenters. The minimum atomic E-state index is -0.535. The Balaban J connectivity index is 0.00000242. The maximum atomic E-state index is 12.1. The van der Waals surface area contributed by atoms with Crippen molar-refractivity contribution in [3.8, 4) is 5.75 Å². The van der Waals surface area contributed by atoms with Gasteiger partial charge in [0.25, 0.3) is 0 Å². The highest BCUT2D eigenvalue weighted by molar-refractivity contribution is 5.95. The summed E-state index contributed by atoms with van der Waals surface area (Å²) >= 11 is 0. The van der Waals surface area contributed by atoms with Crippen LogP contribution in [0.2, 0.25) is 0 Å². The monoisotopic (exact) mass is 326 g/mol. The molecule has 1 saturated carbocycles. The van der Waals surface area contributed by atoms with Crippen LogP contribution in [-0.2, 0) is 4.79 Å². The Hall–Kier alpha value is -1.26. The molecule has 22 heavy (non-hydrogen) atoms. The molecule has 0 heterocycles. The van der Waals surface area contributed by atoms with E-state index in [0.29, 0.717) is 6.10 Å². The zero-order chi connectivity index (χ0) is 15.5. The number of halogens is 1. The van der Waals surface area contributed by atoms with Crippen molar-refractivity contribution in [1.29, 1.82) is 0 Å². The van der Waals surface area contributed by atoms with E-state index in [-0.39, 0.29) is 23.7 Å². The van der Waals surface area contributed by atoms with Gasteiger partial charge in [0.05, 0.1) is 12.1 Å². The topological polar surface area (TPSA) is 64.4 Å². The van der Waals surface area contributed by atoms with Crippen LogP contribution in [0, 0.1) is 5.41 Å². The summed E-state index contributed by atoms with van der Waals surface area (Å²) in [6.07, 6.45) is 5.13. The van der Waals surface area contributed by atoms with Crippen LogP contribution in [0.1, 0.15) is 46.5 Å². The molecule has 1 fully saturated rings. The van der Waals surface area contributed by atoms with Gasteiger partial charge < -0.3 is 15.8 Å². The van der Waals surface area contributed by atoms with Gasteiger partial charge in [0.15, 0.2) is 0 Å². The average Bonchev–Trinajstić information content (AvgIpc) is 2.92. The third-order valence-electron chi connectivity index (χ3n) is 3.94. The molecule has 0 spiro atoms. The van der Waals surface area contributed by atoms with E-state index < -0.39 is 6.04 Å². The fourth-order valence-electron chi connectivity index (χ4n) is 2.43. The fourth-order valence-corrected chi connectivity index (χ4v) is 2.43. The van der Waals surface area contributed by atoms with Gasteiger partial charge in [0.2, 0.25) is 5.91 Å². The fraction of sp³-hybridized carbons (Fsp3) is 0.588. The smallest absolute Gasteiger partial charge is 0.241 e. The van der Waals surface area contributed by atoms with Gasteiger partial charge >= 0.3 is 0 Å². The lowest BCUT2D eigenvalue weighted by molar-refractivity contribution is -0.119. The number of ether oxygens (including phenoxy) is 1. The molecule has 1 aliphatic carbocycles. The van der Waals surface area contributed by atoms with Crippen molar-refractivity contribution in [3.63, 3.8) is 0 Å². The Labute approximate surface area is 139 Å². The zero-order valence-electron chi connectivity index (χ0n) is 13.6. The van der Waals surface area contributed by atoms with Gasteiger partial charge in [-0.2, -0.15) is 0 Å². The summed E-state index contributed by atoms with van der Waals surface area (Å²) in [4.78, 5) is 12.1. The Morgan fingerprint density at radius 3 is 2.27 bits per heavy atom. The number of rotatable bonds is 4. The summed E-state index contributed by atoms with van der Waals surface area (Å²) in [6.45, 7) is 5.86. The van der Waals surface area contributed by atoms with Crippen LogP contribution in [-0.4, -0.2) is 18.1 Å². The van der Waals surface area contributed by atoms with Crippen LogP contribution in [0.4, 0.5) is 5.69 Å². The molecule has 3 N–H and O–H groups in total. The van der Waals surface area contributed by atoms with Gasteiger partial charge in [0.1, 0.15) is 5.75 Å². The molecule has 124 valence electrons. The first kappa shape index (κ1) is 18.8. The van der Waals surface area contributed by atoms with E-state index in [0.717, 1.165) is 24.3 Å². The van der Waals surface area contributed by atoms with Crippen molar-refractivity contribution in [2.24, 2.45) is 11.1 Å². The highest BCUT2D eigenvalue weighted by atomic mass is 35.5. The van der Waals surface area contributed by atoms with Gasteiger partial charge in [-0.1, -0.05) is 20.8 Å². The first-order chi connectivity index (χ1) is 9.86. The minimum Gasteiger partial charge on any atom is -0.490 e. The number of nitrogens with two attached hydrogens (primary N) is 1. The Morgan fingerprint density at radius 2 is 1.77 bits per heavy atom. The van der Waals surface area contributed by atoms with E-state index in [1.54, 1.807) is 0 Å². The second-order valence-electron chi connectivity index (χ2n) is 6.88. The van der Waals surface area contributed by atoms with E-state index >= 15 is 0 Å². The zero-order valence-corrected chi connectivity index (χ0v) is 14.4. The second kappa shape index (κ2) is 7.84. The molecule has 2 rings (SSSR count). The first-order valence-electron chi connectivity index (χ1n) is 7.69. The highest BCUT2D eigenvalue weighted by Gasteiger charge is 2.27. The molecule has 0 aromatic heterocycles. The number of benzene rings is 1. The number of nitrogens with one attached hydrogen (secondary N) is 1. The van der Waals surface area contributed by atoms with E-state index in [1.165, 1.54) is 12.8 Å². The number of anilines is 1. The van der Waals surface area contributed by atoms with E-state index in [4.69, 9.17) is 10.5 Å². The number of amides is 1. The lowest BCUT2D eigenvalue weighted by atomic mass is 9.87. The number of hydrogen-bond donors (Lipinski definition) is 2. The van der Waals surface area contributed by atoms with E-state index in [2.05, 4.69) is 5.32 Å². The predicted molar refractivity (Wildman–Crippen MR) is 92.6 cm³/mol. The second-order valence-corrected chi connectivity index (χ2v) is 6.88. The van der Waals surface area contributed by atoms with Crippen molar-refractivity contribution >= 4 is 24.0 Å². The van der Waals surface area contributed by atoms with E-state index in [1.807, 2.05) is 45.0 Å². The third kappa shape index (κ3) is 5.18. The predicted octanol–water partition coefficient (Wildman–Crippen LogP) is 3.74. The molecule has 0 saturated heterocycles. The SMILES string of the molecule is CC(C)(C)[C@H](N)C(=O)Nc1ccc(OC2CCCC2)cc1.Cl. The van der Waals surface area contributed by atoms with Crippen molar-refractivity contribution in [3.05, 3.63) is 24.3 Å². The molecular formula is C17H27ClN2O2. The molecule has 0 bridgehead atoms. The summed E-state index contributed by atoms with van der Waals surface area (Å²) in [5, 5.41) is 2.85. The van der Waals surface area contributed by atoms with Crippen LogP contribution in [0.3, 0.4) is 0 Å². The third-order valence-corrected chi connectivity index (χ3v) is 3.94. The maximum absolute atomic E-state index is 12.1. The Kier molecular flexibility index (Phi) is 6.69. The Morgan fingerprint density at radius 1 is 1.23 bits per heavy atom. The van der Waals surface area contributed by atoms with Crippen LogP contribution >= 0.6 is 12.4 Å².